The van der Waals surface area contributed by atoms with Crippen molar-refractivity contribution in [3.63, 3.8) is 0 Å². The van der Waals surface area contributed by atoms with Crippen molar-refractivity contribution in [2.45, 2.75) is 26.3 Å². The van der Waals surface area contributed by atoms with Crippen LogP contribution < -0.4 is 5.73 Å². The van der Waals surface area contributed by atoms with E-state index in [9.17, 15) is 4.79 Å². The SMILES string of the molecule is CCN(CC)C(=O)CC(CN)N1CCSCC1. The van der Waals surface area contributed by atoms with E-state index in [1.165, 1.54) is 0 Å². The Bertz CT molecular complexity index is 228. The first-order valence-electron chi connectivity index (χ1n) is 6.52. The predicted molar refractivity (Wildman–Crippen MR) is 74.3 cm³/mol. The molecule has 1 aliphatic heterocycles. The molecule has 0 radical (unpaired) electrons. The van der Waals surface area contributed by atoms with E-state index in [1.807, 2.05) is 30.5 Å². The first-order chi connectivity index (χ1) is 8.22. The average Bonchev–Trinajstić information content (AvgIpc) is 2.38. The minimum atomic E-state index is 0.226. The molecule has 1 amide bonds. The van der Waals surface area contributed by atoms with Gasteiger partial charge in [-0.2, -0.15) is 11.8 Å². The normalized spacial score (nSPS) is 19.0. The molecule has 1 heterocycles. The molecule has 1 fully saturated rings. The molecule has 1 saturated heterocycles. The molecule has 0 spiro atoms. The van der Waals surface area contributed by atoms with Gasteiger partial charge in [-0.1, -0.05) is 0 Å². The molecule has 4 nitrogen and oxygen atoms in total. The summed E-state index contributed by atoms with van der Waals surface area (Å²) >= 11 is 1.98. The van der Waals surface area contributed by atoms with Crippen molar-refractivity contribution < 1.29 is 4.79 Å². The van der Waals surface area contributed by atoms with Gasteiger partial charge in [0.1, 0.15) is 0 Å². The van der Waals surface area contributed by atoms with Crippen LogP contribution in [0.5, 0.6) is 0 Å². The highest BCUT2D eigenvalue weighted by atomic mass is 32.2. The molecule has 0 aromatic rings. The van der Waals surface area contributed by atoms with E-state index in [-0.39, 0.29) is 11.9 Å². The van der Waals surface area contributed by atoms with Crippen LogP contribution >= 0.6 is 11.8 Å². The molecule has 0 aromatic heterocycles. The molecular formula is C12H25N3OS. The Hall–Kier alpha value is -0.260. The molecule has 17 heavy (non-hydrogen) atoms. The highest BCUT2D eigenvalue weighted by molar-refractivity contribution is 7.99. The van der Waals surface area contributed by atoms with Gasteiger partial charge in [-0.3, -0.25) is 9.69 Å². The van der Waals surface area contributed by atoms with Crippen molar-refractivity contribution in [2.24, 2.45) is 5.73 Å². The number of nitrogens with zero attached hydrogens (tertiary/aromatic N) is 2. The Morgan fingerprint density at radius 2 is 1.94 bits per heavy atom. The summed E-state index contributed by atoms with van der Waals surface area (Å²) < 4.78 is 0. The maximum absolute atomic E-state index is 12.1. The molecule has 0 aromatic carbocycles. The minimum absolute atomic E-state index is 0.226. The summed E-state index contributed by atoms with van der Waals surface area (Å²) in [7, 11) is 0. The number of carbonyl (C=O) groups is 1. The summed E-state index contributed by atoms with van der Waals surface area (Å²) in [6, 6.07) is 0.226. The van der Waals surface area contributed by atoms with Gasteiger partial charge >= 0.3 is 0 Å². The number of amides is 1. The molecule has 1 aliphatic rings. The third-order valence-corrected chi connectivity index (χ3v) is 4.30. The number of carbonyl (C=O) groups excluding carboxylic acids is 1. The van der Waals surface area contributed by atoms with Crippen LogP contribution in [0.15, 0.2) is 0 Å². The zero-order valence-corrected chi connectivity index (χ0v) is 11.8. The molecule has 1 rings (SSSR count). The monoisotopic (exact) mass is 259 g/mol. The van der Waals surface area contributed by atoms with Gasteiger partial charge in [-0.05, 0) is 13.8 Å². The highest BCUT2D eigenvalue weighted by Crippen LogP contribution is 2.14. The third kappa shape index (κ3) is 4.48. The fourth-order valence-electron chi connectivity index (χ4n) is 2.21. The smallest absolute Gasteiger partial charge is 0.224 e. The summed E-state index contributed by atoms with van der Waals surface area (Å²) in [5.41, 5.74) is 5.82. The molecule has 5 heteroatoms. The quantitative estimate of drug-likeness (QED) is 0.760. The second kappa shape index (κ2) is 7.95. The Morgan fingerprint density at radius 1 is 1.35 bits per heavy atom. The number of hydrogen-bond acceptors (Lipinski definition) is 4. The standard InChI is InChI=1S/C12H25N3OS/c1-3-14(4-2)12(16)9-11(10-13)15-5-7-17-8-6-15/h11H,3-10,13H2,1-2H3. The van der Waals surface area contributed by atoms with E-state index in [2.05, 4.69) is 4.90 Å². The van der Waals surface area contributed by atoms with Crippen LogP contribution in [-0.4, -0.2) is 66.0 Å². The van der Waals surface area contributed by atoms with Gasteiger partial charge < -0.3 is 10.6 Å². The van der Waals surface area contributed by atoms with Crippen LogP contribution in [0.25, 0.3) is 0 Å². The lowest BCUT2D eigenvalue weighted by atomic mass is 10.1. The van der Waals surface area contributed by atoms with Crippen LogP contribution in [0.2, 0.25) is 0 Å². The summed E-state index contributed by atoms with van der Waals surface area (Å²) in [5, 5.41) is 0. The van der Waals surface area contributed by atoms with Gasteiger partial charge in [0.25, 0.3) is 0 Å². The Labute approximate surface area is 109 Å². The molecule has 1 unspecified atom stereocenters. The number of hydrogen-bond donors (Lipinski definition) is 1. The Morgan fingerprint density at radius 3 is 2.41 bits per heavy atom. The van der Waals surface area contributed by atoms with Crippen molar-refractivity contribution in [1.29, 1.82) is 0 Å². The van der Waals surface area contributed by atoms with Crippen LogP contribution in [-0.2, 0) is 4.79 Å². The third-order valence-electron chi connectivity index (χ3n) is 3.36. The lowest BCUT2D eigenvalue weighted by molar-refractivity contribution is -0.132. The second-order valence-corrected chi connectivity index (χ2v) is 5.53. The van der Waals surface area contributed by atoms with Gasteiger partial charge in [0.15, 0.2) is 0 Å². The van der Waals surface area contributed by atoms with Crippen molar-refractivity contribution >= 4 is 17.7 Å². The lowest BCUT2D eigenvalue weighted by Gasteiger charge is -2.34. The fourth-order valence-corrected chi connectivity index (χ4v) is 3.14. The largest absolute Gasteiger partial charge is 0.343 e. The van der Waals surface area contributed by atoms with Crippen molar-refractivity contribution in [3.8, 4) is 0 Å². The summed E-state index contributed by atoms with van der Waals surface area (Å²) in [5.74, 6) is 2.56. The lowest BCUT2D eigenvalue weighted by Crippen LogP contribution is -2.48. The predicted octanol–water partition coefficient (Wildman–Crippen LogP) is 0.621. The fraction of sp³-hybridized carbons (Fsp3) is 0.917. The number of nitrogens with two attached hydrogens (primary N) is 1. The van der Waals surface area contributed by atoms with E-state index in [0.717, 1.165) is 37.7 Å². The summed E-state index contributed by atoms with van der Waals surface area (Å²) in [6.45, 7) is 8.35. The van der Waals surface area contributed by atoms with Gasteiger partial charge in [0.05, 0.1) is 0 Å². The van der Waals surface area contributed by atoms with Gasteiger partial charge in [0, 0.05) is 56.7 Å². The molecule has 1 atom stereocenters. The van der Waals surface area contributed by atoms with Crippen molar-refractivity contribution in [2.75, 3.05) is 44.2 Å². The first-order valence-corrected chi connectivity index (χ1v) is 7.68. The van der Waals surface area contributed by atoms with E-state index >= 15 is 0 Å². The summed E-state index contributed by atoms with van der Waals surface area (Å²) in [4.78, 5) is 16.3. The molecule has 2 N–H and O–H groups in total. The zero-order chi connectivity index (χ0) is 12.7. The van der Waals surface area contributed by atoms with E-state index in [0.29, 0.717) is 13.0 Å². The molecule has 0 bridgehead atoms. The number of thioether (sulfide) groups is 1. The van der Waals surface area contributed by atoms with Crippen LogP contribution in [0, 0.1) is 0 Å². The summed E-state index contributed by atoms with van der Waals surface area (Å²) in [6.07, 6.45) is 0.572. The van der Waals surface area contributed by atoms with E-state index < -0.39 is 0 Å². The maximum atomic E-state index is 12.1. The zero-order valence-electron chi connectivity index (χ0n) is 11.0. The minimum Gasteiger partial charge on any atom is -0.343 e. The second-order valence-electron chi connectivity index (χ2n) is 4.31. The topological polar surface area (TPSA) is 49.6 Å². The Balaban J connectivity index is 2.47. The molecule has 0 saturated carbocycles. The van der Waals surface area contributed by atoms with Crippen LogP contribution in [0.4, 0.5) is 0 Å². The first kappa shape index (κ1) is 14.8. The Kier molecular flexibility index (Phi) is 6.92. The van der Waals surface area contributed by atoms with Crippen LogP contribution in [0.3, 0.4) is 0 Å². The maximum Gasteiger partial charge on any atom is 0.224 e. The molecule has 0 aliphatic carbocycles. The van der Waals surface area contributed by atoms with Gasteiger partial charge in [-0.15, -0.1) is 0 Å². The average molecular weight is 259 g/mol. The van der Waals surface area contributed by atoms with Crippen molar-refractivity contribution in [3.05, 3.63) is 0 Å². The van der Waals surface area contributed by atoms with Gasteiger partial charge in [-0.25, -0.2) is 0 Å². The van der Waals surface area contributed by atoms with Crippen molar-refractivity contribution in [1.82, 2.24) is 9.80 Å². The van der Waals surface area contributed by atoms with Gasteiger partial charge in [0.2, 0.25) is 5.91 Å². The van der Waals surface area contributed by atoms with E-state index in [1.54, 1.807) is 0 Å². The van der Waals surface area contributed by atoms with E-state index in [4.69, 9.17) is 5.73 Å². The number of rotatable bonds is 6. The van der Waals surface area contributed by atoms with Crippen LogP contribution in [0.1, 0.15) is 20.3 Å². The molecule has 100 valence electrons. The highest BCUT2D eigenvalue weighted by Gasteiger charge is 2.23. The molecular weight excluding hydrogens is 234 g/mol.